The predicted octanol–water partition coefficient (Wildman–Crippen LogP) is 1.59. The molecule has 0 rings (SSSR count). The van der Waals surface area contributed by atoms with Gasteiger partial charge in [-0.15, -0.1) is 0 Å². The first-order valence-electron chi connectivity index (χ1n) is 2.76. The first kappa shape index (κ1) is 7.95. The molecule has 0 saturated carbocycles. The first-order chi connectivity index (χ1) is 4.31. The SMILES string of the molecule is C/C=C(O)\C=C/CC=O. The number of carbonyl (C=O) groups is 1. The van der Waals surface area contributed by atoms with E-state index in [0.717, 1.165) is 6.29 Å². The van der Waals surface area contributed by atoms with Crippen molar-refractivity contribution in [1.82, 2.24) is 0 Å². The van der Waals surface area contributed by atoms with E-state index in [9.17, 15) is 4.79 Å². The van der Waals surface area contributed by atoms with Crippen LogP contribution in [0.15, 0.2) is 24.0 Å². The Labute approximate surface area is 54.5 Å². The van der Waals surface area contributed by atoms with Gasteiger partial charge in [-0.25, -0.2) is 0 Å². The summed E-state index contributed by atoms with van der Waals surface area (Å²) in [4.78, 5) is 9.72. The molecule has 0 bridgehead atoms. The van der Waals surface area contributed by atoms with Crippen molar-refractivity contribution in [3.63, 3.8) is 0 Å². The molecule has 0 amide bonds. The molecule has 0 aliphatic heterocycles. The first-order valence-corrected chi connectivity index (χ1v) is 2.76. The van der Waals surface area contributed by atoms with Gasteiger partial charge in [0.1, 0.15) is 12.0 Å². The van der Waals surface area contributed by atoms with E-state index in [2.05, 4.69) is 0 Å². The fraction of sp³-hybridized carbons (Fsp3) is 0.286. The van der Waals surface area contributed by atoms with Gasteiger partial charge in [0.05, 0.1) is 0 Å². The van der Waals surface area contributed by atoms with Crippen LogP contribution in [0.1, 0.15) is 13.3 Å². The van der Waals surface area contributed by atoms with E-state index in [1.165, 1.54) is 6.08 Å². The largest absolute Gasteiger partial charge is 0.508 e. The van der Waals surface area contributed by atoms with Crippen molar-refractivity contribution in [3.8, 4) is 0 Å². The number of carbonyl (C=O) groups excluding carboxylic acids is 1. The zero-order valence-corrected chi connectivity index (χ0v) is 5.37. The fourth-order valence-corrected chi connectivity index (χ4v) is 0.341. The van der Waals surface area contributed by atoms with Crippen molar-refractivity contribution < 1.29 is 9.90 Å². The van der Waals surface area contributed by atoms with Crippen molar-refractivity contribution in [2.45, 2.75) is 13.3 Å². The highest BCUT2D eigenvalue weighted by atomic mass is 16.3. The molecule has 0 unspecified atom stereocenters. The summed E-state index contributed by atoms with van der Waals surface area (Å²) in [5.74, 6) is 0.192. The lowest BCUT2D eigenvalue weighted by atomic mass is 10.3. The molecule has 0 fully saturated rings. The summed E-state index contributed by atoms with van der Waals surface area (Å²) in [6, 6.07) is 0. The third-order valence-electron chi connectivity index (χ3n) is 0.817. The number of hydrogen-bond acceptors (Lipinski definition) is 2. The van der Waals surface area contributed by atoms with Crippen molar-refractivity contribution in [1.29, 1.82) is 0 Å². The lowest BCUT2D eigenvalue weighted by Gasteiger charge is -1.83. The Morgan fingerprint density at radius 2 is 2.33 bits per heavy atom. The summed E-state index contributed by atoms with van der Waals surface area (Å²) in [7, 11) is 0. The van der Waals surface area contributed by atoms with Crippen molar-refractivity contribution in [3.05, 3.63) is 24.0 Å². The molecule has 0 aromatic rings. The van der Waals surface area contributed by atoms with Gasteiger partial charge in [-0.05, 0) is 19.1 Å². The second-order valence-electron chi connectivity index (χ2n) is 1.52. The van der Waals surface area contributed by atoms with Gasteiger partial charge in [-0.3, -0.25) is 0 Å². The lowest BCUT2D eigenvalue weighted by molar-refractivity contribution is -0.107. The standard InChI is InChI=1S/C7H10O2/c1-2-7(9)5-3-4-6-8/h2-3,5-6,9H,4H2,1H3/b5-3-,7-2+. The van der Waals surface area contributed by atoms with Crippen LogP contribution in [0.2, 0.25) is 0 Å². The highest BCUT2D eigenvalue weighted by molar-refractivity contribution is 5.52. The average Bonchev–Trinajstić information content (AvgIpc) is 1.89. The molecule has 0 aromatic heterocycles. The van der Waals surface area contributed by atoms with E-state index in [1.807, 2.05) is 0 Å². The van der Waals surface area contributed by atoms with Gasteiger partial charge >= 0.3 is 0 Å². The van der Waals surface area contributed by atoms with E-state index in [-0.39, 0.29) is 5.76 Å². The molecule has 1 N–H and O–H groups in total. The second kappa shape index (κ2) is 5.09. The second-order valence-corrected chi connectivity index (χ2v) is 1.52. The zero-order chi connectivity index (χ0) is 7.11. The number of allylic oxidation sites excluding steroid dienone is 3. The van der Waals surface area contributed by atoms with E-state index in [1.54, 1.807) is 19.1 Å². The Bertz CT molecular complexity index is 134. The number of aliphatic hydroxyl groups is 1. The van der Waals surface area contributed by atoms with Gasteiger partial charge in [0, 0.05) is 6.42 Å². The van der Waals surface area contributed by atoms with Crippen LogP contribution in [0, 0.1) is 0 Å². The van der Waals surface area contributed by atoms with E-state index in [0.29, 0.717) is 6.42 Å². The van der Waals surface area contributed by atoms with E-state index < -0.39 is 0 Å². The maximum atomic E-state index is 9.72. The van der Waals surface area contributed by atoms with Crippen molar-refractivity contribution in [2.24, 2.45) is 0 Å². The van der Waals surface area contributed by atoms with Crippen LogP contribution >= 0.6 is 0 Å². The monoisotopic (exact) mass is 126 g/mol. The molecule has 0 aromatic carbocycles. The van der Waals surface area contributed by atoms with Gasteiger partial charge < -0.3 is 9.90 Å². The van der Waals surface area contributed by atoms with Crippen LogP contribution in [0.25, 0.3) is 0 Å². The van der Waals surface area contributed by atoms with Gasteiger partial charge in [0.15, 0.2) is 0 Å². The molecule has 50 valence electrons. The summed E-state index contributed by atoms with van der Waals surface area (Å²) in [6.07, 6.45) is 5.79. The summed E-state index contributed by atoms with van der Waals surface area (Å²) in [5, 5.41) is 8.74. The number of rotatable bonds is 3. The fourth-order valence-electron chi connectivity index (χ4n) is 0.341. The van der Waals surface area contributed by atoms with Crippen molar-refractivity contribution in [2.75, 3.05) is 0 Å². The summed E-state index contributed by atoms with van der Waals surface area (Å²) < 4.78 is 0. The molecular weight excluding hydrogens is 116 g/mol. The summed E-state index contributed by atoms with van der Waals surface area (Å²) in [5.41, 5.74) is 0. The third-order valence-corrected chi connectivity index (χ3v) is 0.817. The molecular formula is C7H10O2. The van der Waals surface area contributed by atoms with Gasteiger partial charge in [-0.1, -0.05) is 6.08 Å². The van der Waals surface area contributed by atoms with Crippen molar-refractivity contribution >= 4 is 6.29 Å². The minimum Gasteiger partial charge on any atom is -0.508 e. The Morgan fingerprint density at radius 3 is 2.78 bits per heavy atom. The molecule has 0 aliphatic carbocycles. The van der Waals surface area contributed by atoms with E-state index in [4.69, 9.17) is 5.11 Å². The maximum Gasteiger partial charge on any atom is 0.123 e. The minimum atomic E-state index is 0.192. The quantitative estimate of drug-likeness (QED) is 0.354. The molecule has 0 atom stereocenters. The minimum absolute atomic E-state index is 0.192. The third kappa shape index (κ3) is 4.81. The van der Waals surface area contributed by atoms with Crippen LogP contribution in [-0.4, -0.2) is 11.4 Å². The van der Waals surface area contributed by atoms with Gasteiger partial charge in [0.25, 0.3) is 0 Å². The van der Waals surface area contributed by atoms with Gasteiger partial charge in [0.2, 0.25) is 0 Å². The Balaban J connectivity index is 3.56. The molecule has 9 heavy (non-hydrogen) atoms. The maximum absolute atomic E-state index is 9.72. The van der Waals surface area contributed by atoms with Crippen LogP contribution in [-0.2, 0) is 4.79 Å². The van der Waals surface area contributed by atoms with Crippen LogP contribution < -0.4 is 0 Å². The van der Waals surface area contributed by atoms with Crippen LogP contribution in [0.3, 0.4) is 0 Å². The topological polar surface area (TPSA) is 37.3 Å². The zero-order valence-electron chi connectivity index (χ0n) is 5.37. The molecule has 0 radical (unpaired) electrons. The number of aldehydes is 1. The van der Waals surface area contributed by atoms with Crippen LogP contribution in [0.5, 0.6) is 0 Å². The predicted molar refractivity (Wildman–Crippen MR) is 36.2 cm³/mol. The molecule has 2 nitrogen and oxygen atoms in total. The number of hydrogen-bond donors (Lipinski definition) is 1. The Morgan fingerprint density at radius 1 is 1.67 bits per heavy atom. The molecule has 2 heteroatoms. The normalized spacial score (nSPS) is 12.3. The molecule has 0 spiro atoms. The van der Waals surface area contributed by atoms with Gasteiger partial charge in [-0.2, -0.15) is 0 Å². The smallest absolute Gasteiger partial charge is 0.123 e. The average molecular weight is 126 g/mol. The number of aliphatic hydroxyl groups excluding tert-OH is 1. The molecule has 0 saturated heterocycles. The summed E-state index contributed by atoms with van der Waals surface area (Å²) in [6.45, 7) is 1.72. The van der Waals surface area contributed by atoms with E-state index >= 15 is 0 Å². The Kier molecular flexibility index (Phi) is 4.50. The molecule has 0 heterocycles. The highest BCUT2D eigenvalue weighted by Gasteiger charge is 1.77. The van der Waals surface area contributed by atoms with Crippen LogP contribution in [0.4, 0.5) is 0 Å². The Hall–Kier alpha value is -1.05. The lowest BCUT2D eigenvalue weighted by Crippen LogP contribution is -1.71. The summed E-state index contributed by atoms with van der Waals surface area (Å²) >= 11 is 0. The molecule has 0 aliphatic rings. The highest BCUT2D eigenvalue weighted by Crippen LogP contribution is 1.89.